The molecule has 0 aromatic heterocycles. The van der Waals surface area contributed by atoms with Gasteiger partial charge in [-0.1, -0.05) is 30.3 Å². The van der Waals surface area contributed by atoms with Gasteiger partial charge in [-0.2, -0.15) is 0 Å². The lowest BCUT2D eigenvalue weighted by atomic mass is 10.0. The molecule has 1 N–H and O–H groups in total. The molecular weight excluding hydrogens is 252 g/mol. The first-order chi connectivity index (χ1) is 9.72. The number of likely N-dealkylation sites (tertiary alicyclic amines) is 1. The van der Waals surface area contributed by atoms with E-state index in [0.29, 0.717) is 12.8 Å². The van der Waals surface area contributed by atoms with Crippen molar-refractivity contribution in [3.8, 4) is 0 Å². The lowest BCUT2D eigenvalue weighted by Crippen LogP contribution is -2.36. The zero-order valence-corrected chi connectivity index (χ0v) is 12.2. The molecule has 0 radical (unpaired) electrons. The highest BCUT2D eigenvalue weighted by atomic mass is 16.3. The Hall–Kier alpha value is -1.39. The van der Waals surface area contributed by atoms with E-state index in [-0.39, 0.29) is 18.6 Å². The zero-order chi connectivity index (χ0) is 14.4. The number of amides is 1. The van der Waals surface area contributed by atoms with Gasteiger partial charge in [-0.05, 0) is 25.5 Å². The van der Waals surface area contributed by atoms with Gasteiger partial charge in [-0.3, -0.25) is 9.69 Å². The largest absolute Gasteiger partial charge is 0.396 e. The Labute approximate surface area is 121 Å². The fraction of sp³-hybridized carbons (Fsp3) is 0.562. The van der Waals surface area contributed by atoms with E-state index in [9.17, 15) is 9.90 Å². The summed E-state index contributed by atoms with van der Waals surface area (Å²) in [6, 6.07) is 10.5. The first-order valence-corrected chi connectivity index (χ1v) is 7.36. The Bertz CT molecular complexity index is 422. The standard InChI is InChI=1S/C16H24N2O2/c1-17(11-12-18-10-5-8-16(18)20)15(9-13-19)14-6-3-2-4-7-14/h2-4,6-7,15,19H,5,8-13H2,1H3. The molecule has 1 aromatic rings. The van der Waals surface area contributed by atoms with Crippen molar-refractivity contribution in [3.05, 3.63) is 35.9 Å². The first-order valence-electron chi connectivity index (χ1n) is 7.36. The van der Waals surface area contributed by atoms with Crippen LogP contribution in [0.2, 0.25) is 0 Å². The summed E-state index contributed by atoms with van der Waals surface area (Å²) in [5.41, 5.74) is 1.22. The molecule has 20 heavy (non-hydrogen) atoms. The van der Waals surface area contributed by atoms with E-state index in [0.717, 1.165) is 26.1 Å². The van der Waals surface area contributed by atoms with Crippen molar-refractivity contribution >= 4 is 5.91 Å². The summed E-state index contributed by atoms with van der Waals surface area (Å²) in [6.45, 7) is 2.69. The van der Waals surface area contributed by atoms with Crippen LogP contribution in [0.3, 0.4) is 0 Å². The molecule has 1 saturated heterocycles. The normalized spacial score (nSPS) is 16.9. The Balaban J connectivity index is 1.93. The fourth-order valence-electron chi connectivity index (χ4n) is 2.81. The molecule has 0 saturated carbocycles. The van der Waals surface area contributed by atoms with Crippen molar-refractivity contribution in [2.75, 3.05) is 33.3 Å². The SMILES string of the molecule is CN(CCN1CCCC1=O)C(CCO)c1ccccc1. The lowest BCUT2D eigenvalue weighted by molar-refractivity contribution is -0.127. The molecule has 0 spiro atoms. The molecule has 4 nitrogen and oxygen atoms in total. The highest BCUT2D eigenvalue weighted by molar-refractivity contribution is 5.78. The van der Waals surface area contributed by atoms with Crippen LogP contribution in [-0.2, 0) is 4.79 Å². The van der Waals surface area contributed by atoms with Crippen LogP contribution in [-0.4, -0.2) is 54.1 Å². The van der Waals surface area contributed by atoms with Gasteiger partial charge in [-0.25, -0.2) is 0 Å². The van der Waals surface area contributed by atoms with Crippen LogP contribution < -0.4 is 0 Å². The van der Waals surface area contributed by atoms with E-state index in [1.807, 2.05) is 23.1 Å². The minimum Gasteiger partial charge on any atom is -0.396 e. The van der Waals surface area contributed by atoms with Crippen molar-refractivity contribution in [1.82, 2.24) is 9.80 Å². The monoisotopic (exact) mass is 276 g/mol. The predicted octanol–water partition coefficient (Wildman–Crippen LogP) is 1.66. The van der Waals surface area contributed by atoms with Crippen molar-refractivity contribution in [2.24, 2.45) is 0 Å². The minimum atomic E-state index is 0.173. The average molecular weight is 276 g/mol. The number of benzene rings is 1. The minimum absolute atomic E-state index is 0.173. The van der Waals surface area contributed by atoms with E-state index in [4.69, 9.17) is 0 Å². The second-order valence-electron chi connectivity index (χ2n) is 5.40. The second kappa shape index (κ2) is 7.41. The topological polar surface area (TPSA) is 43.8 Å². The van der Waals surface area contributed by atoms with Crippen LogP contribution in [0.4, 0.5) is 0 Å². The molecular formula is C16H24N2O2. The molecule has 1 atom stereocenters. The Morgan fingerprint density at radius 1 is 1.35 bits per heavy atom. The molecule has 1 amide bonds. The quantitative estimate of drug-likeness (QED) is 0.824. The van der Waals surface area contributed by atoms with Crippen molar-refractivity contribution < 1.29 is 9.90 Å². The Morgan fingerprint density at radius 3 is 2.70 bits per heavy atom. The van der Waals surface area contributed by atoms with Crippen molar-refractivity contribution in [2.45, 2.75) is 25.3 Å². The van der Waals surface area contributed by atoms with Crippen molar-refractivity contribution in [1.29, 1.82) is 0 Å². The zero-order valence-electron chi connectivity index (χ0n) is 12.2. The fourth-order valence-corrected chi connectivity index (χ4v) is 2.81. The number of aliphatic hydroxyl groups excluding tert-OH is 1. The number of aliphatic hydroxyl groups is 1. The summed E-state index contributed by atoms with van der Waals surface area (Å²) in [7, 11) is 2.06. The Kier molecular flexibility index (Phi) is 5.56. The molecule has 1 fully saturated rings. The maximum atomic E-state index is 11.6. The van der Waals surface area contributed by atoms with E-state index in [2.05, 4.69) is 24.1 Å². The third-order valence-corrected chi connectivity index (χ3v) is 4.01. The van der Waals surface area contributed by atoms with Gasteiger partial charge in [0.15, 0.2) is 0 Å². The van der Waals surface area contributed by atoms with Crippen LogP contribution in [0.25, 0.3) is 0 Å². The van der Waals surface area contributed by atoms with E-state index < -0.39 is 0 Å². The maximum absolute atomic E-state index is 11.6. The van der Waals surface area contributed by atoms with E-state index in [1.54, 1.807) is 0 Å². The van der Waals surface area contributed by atoms with Crippen LogP contribution in [0.15, 0.2) is 30.3 Å². The predicted molar refractivity (Wildman–Crippen MR) is 79.3 cm³/mol. The van der Waals surface area contributed by atoms with E-state index >= 15 is 0 Å². The molecule has 4 heteroatoms. The number of carbonyl (C=O) groups is 1. The van der Waals surface area contributed by atoms with E-state index in [1.165, 1.54) is 5.56 Å². The third-order valence-electron chi connectivity index (χ3n) is 4.01. The van der Waals surface area contributed by atoms with Gasteiger partial charge in [0.2, 0.25) is 5.91 Å². The van der Waals surface area contributed by atoms with Gasteiger partial charge in [0, 0.05) is 38.7 Å². The van der Waals surface area contributed by atoms with Gasteiger partial charge in [0.25, 0.3) is 0 Å². The second-order valence-corrected chi connectivity index (χ2v) is 5.40. The number of carbonyl (C=O) groups excluding carboxylic acids is 1. The summed E-state index contributed by atoms with van der Waals surface area (Å²) in [4.78, 5) is 15.8. The van der Waals surface area contributed by atoms with Gasteiger partial charge < -0.3 is 10.0 Å². The summed E-state index contributed by atoms with van der Waals surface area (Å²) in [6.07, 6.45) is 2.40. The van der Waals surface area contributed by atoms with Gasteiger partial charge in [0.1, 0.15) is 0 Å². The number of hydrogen-bond acceptors (Lipinski definition) is 3. The summed E-state index contributed by atoms with van der Waals surface area (Å²) < 4.78 is 0. The number of rotatable bonds is 7. The molecule has 110 valence electrons. The molecule has 0 aliphatic carbocycles. The number of likely N-dealkylation sites (N-methyl/N-ethyl adjacent to an activating group) is 1. The molecule has 2 rings (SSSR count). The lowest BCUT2D eigenvalue weighted by Gasteiger charge is -2.29. The van der Waals surface area contributed by atoms with Crippen LogP contribution in [0.1, 0.15) is 30.9 Å². The summed E-state index contributed by atoms with van der Waals surface area (Å²) in [5, 5.41) is 9.28. The molecule has 1 aliphatic heterocycles. The summed E-state index contributed by atoms with van der Waals surface area (Å²) in [5.74, 6) is 0.275. The summed E-state index contributed by atoms with van der Waals surface area (Å²) >= 11 is 0. The third kappa shape index (κ3) is 3.81. The molecule has 1 aliphatic rings. The van der Waals surface area contributed by atoms with Crippen LogP contribution in [0, 0.1) is 0 Å². The number of hydrogen-bond donors (Lipinski definition) is 1. The highest BCUT2D eigenvalue weighted by Gasteiger charge is 2.22. The van der Waals surface area contributed by atoms with Gasteiger partial charge >= 0.3 is 0 Å². The van der Waals surface area contributed by atoms with Crippen molar-refractivity contribution in [3.63, 3.8) is 0 Å². The smallest absolute Gasteiger partial charge is 0.222 e. The highest BCUT2D eigenvalue weighted by Crippen LogP contribution is 2.22. The Morgan fingerprint density at radius 2 is 2.10 bits per heavy atom. The molecule has 1 aromatic carbocycles. The average Bonchev–Trinajstić information content (AvgIpc) is 2.88. The van der Waals surface area contributed by atoms with Gasteiger partial charge in [-0.15, -0.1) is 0 Å². The molecule has 1 heterocycles. The van der Waals surface area contributed by atoms with Gasteiger partial charge in [0.05, 0.1) is 0 Å². The van der Waals surface area contributed by atoms with Crippen LogP contribution >= 0.6 is 0 Å². The maximum Gasteiger partial charge on any atom is 0.222 e. The van der Waals surface area contributed by atoms with Crippen LogP contribution in [0.5, 0.6) is 0 Å². The first kappa shape index (κ1) is 15.0. The molecule has 0 bridgehead atoms. The molecule has 1 unspecified atom stereocenters. The number of nitrogens with zero attached hydrogens (tertiary/aromatic N) is 2.